The Labute approximate surface area is 140 Å². The number of hydrogen-bond donors (Lipinski definition) is 2. The van der Waals surface area contributed by atoms with Crippen molar-refractivity contribution < 1.29 is 14.6 Å². The number of aliphatic carboxylic acids is 1. The van der Waals surface area contributed by atoms with Gasteiger partial charge >= 0.3 is 5.97 Å². The lowest BCUT2D eigenvalue weighted by Gasteiger charge is -2.15. The van der Waals surface area contributed by atoms with Gasteiger partial charge in [-0.25, -0.2) is 0 Å². The fourth-order valence-electron chi connectivity index (χ4n) is 3.29. The van der Waals surface area contributed by atoms with Crippen molar-refractivity contribution in [2.24, 2.45) is 5.92 Å². The first-order valence-corrected chi connectivity index (χ1v) is 8.20. The smallest absolute Gasteiger partial charge is 0.303 e. The van der Waals surface area contributed by atoms with Gasteiger partial charge < -0.3 is 14.7 Å². The van der Waals surface area contributed by atoms with Gasteiger partial charge in [0, 0.05) is 25.6 Å². The minimum absolute atomic E-state index is 0.0719. The molecule has 0 bridgehead atoms. The van der Waals surface area contributed by atoms with Crippen LogP contribution in [-0.4, -0.2) is 57.6 Å². The molecular formula is C17H22N4O3. The molecule has 2 aromatic rings. The van der Waals surface area contributed by atoms with Crippen LogP contribution in [0.1, 0.15) is 24.5 Å². The molecule has 24 heavy (non-hydrogen) atoms. The first-order chi connectivity index (χ1) is 11.7. The van der Waals surface area contributed by atoms with Gasteiger partial charge in [0.2, 0.25) is 0 Å². The van der Waals surface area contributed by atoms with Crippen LogP contribution in [0.2, 0.25) is 0 Å². The monoisotopic (exact) mass is 330 g/mol. The highest BCUT2D eigenvalue weighted by atomic mass is 16.5. The van der Waals surface area contributed by atoms with Crippen LogP contribution in [0.5, 0.6) is 5.75 Å². The third kappa shape index (κ3) is 4.32. The van der Waals surface area contributed by atoms with E-state index in [1.165, 1.54) is 0 Å². The van der Waals surface area contributed by atoms with Crippen LogP contribution in [0.4, 0.5) is 0 Å². The van der Waals surface area contributed by atoms with Crippen LogP contribution in [0.15, 0.2) is 36.5 Å². The molecule has 0 amide bonds. The van der Waals surface area contributed by atoms with Crippen molar-refractivity contribution in [1.29, 1.82) is 0 Å². The van der Waals surface area contributed by atoms with Gasteiger partial charge in [-0.15, -0.1) is 0 Å². The Bertz CT molecular complexity index is 633. The topological polar surface area (TPSA) is 91.3 Å². The molecule has 2 heterocycles. The summed E-state index contributed by atoms with van der Waals surface area (Å²) in [6.07, 6.45) is 2.76. The summed E-state index contributed by atoms with van der Waals surface area (Å²) in [6.45, 7) is 3.13. The highest BCUT2D eigenvalue weighted by Gasteiger charge is 2.36. The van der Waals surface area contributed by atoms with Crippen molar-refractivity contribution in [2.45, 2.75) is 18.8 Å². The van der Waals surface area contributed by atoms with E-state index in [-0.39, 0.29) is 18.3 Å². The van der Waals surface area contributed by atoms with Gasteiger partial charge in [0.1, 0.15) is 5.75 Å². The van der Waals surface area contributed by atoms with Gasteiger partial charge in [-0.1, -0.05) is 18.2 Å². The molecule has 7 nitrogen and oxygen atoms in total. The molecule has 1 saturated heterocycles. The lowest BCUT2D eigenvalue weighted by Crippen LogP contribution is -2.24. The zero-order valence-corrected chi connectivity index (χ0v) is 13.5. The summed E-state index contributed by atoms with van der Waals surface area (Å²) in [5, 5.41) is 19.8. The number of hydrogen-bond acceptors (Lipinski definition) is 5. The Morgan fingerprint density at radius 1 is 1.33 bits per heavy atom. The Morgan fingerprint density at radius 2 is 2.17 bits per heavy atom. The Morgan fingerprint density at radius 3 is 2.88 bits per heavy atom. The van der Waals surface area contributed by atoms with Crippen LogP contribution >= 0.6 is 0 Å². The van der Waals surface area contributed by atoms with Gasteiger partial charge in [-0.3, -0.25) is 4.79 Å². The first kappa shape index (κ1) is 16.4. The molecule has 2 unspecified atom stereocenters. The second-order valence-electron chi connectivity index (χ2n) is 6.13. The van der Waals surface area contributed by atoms with Crippen LogP contribution < -0.4 is 4.74 Å². The van der Waals surface area contributed by atoms with E-state index in [1.54, 1.807) is 6.20 Å². The number of aromatic nitrogens is 3. The van der Waals surface area contributed by atoms with Crippen molar-refractivity contribution in [2.75, 3.05) is 26.2 Å². The first-order valence-electron chi connectivity index (χ1n) is 8.20. The SMILES string of the molecule is O=C(O)CC1CN(CCCOc2ccccc2)CC1c1cn[nH]n1. The number of nitrogens with one attached hydrogen (secondary N) is 1. The number of rotatable bonds is 8. The highest BCUT2D eigenvalue weighted by molar-refractivity contribution is 5.67. The maximum atomic E-state index is 11.1. The maximum Gasteiger partial charge on any atom is 0.303 e. The number of ether oxygens (including phenoxy) is 1. The molecule has 0 saturated carbocycles. The molecule has 1 aliphatic heterocycles. The second kappa shape index (κ2) is 7.92. The zero-order valence-electron chi connectivity index (χ0n) is 13.5. The van der Waals surface area contributed by atoms with Crippen LogP contribution in [0.3, 0.4) is 0 Å². The molecule has 1 aromatic carbocycles. The summed E-state index contributed by atoms with van der Waals surface area (Å²) >= 11 is 0. The summed E-state index contributed by atoms with van der Waals surface area (Å²) in [6, 6.07) is 9.76. The van der Waals surface area contributed by atoms with E-state index in [0.29, 0.717) is 6.61 Å². The predicted molar refractivity (Wildman–Crippen MR) is 87.9 cm³/mol. The number of carboxylic acid groups (broad SMARTS) is 1. The van der Waals surface area contributed by atoms with E-state index in [4.69, 9.17) is 9.84 Å². The van der Waals surface area contributed by atoms with Crippen molar-refractivity contribution >= 4 is 5.97 Å². The molecule has 1 fully saturated rings. The molecule has 1 aromatic heterocycles. The van der Waals surface area contributed by atoms with Crippen molar-refractivity contribution in [3.63, 3.8) is 0 Å². The molecule has 0 spiro atoms. The minimum atomic E-state index is -0.761. The third-order valence-electron chi connectivity index (χ3n) is 4.40. The summed E-state index contributed by atoms with van der Waals surface area (Å²) in [7, 11) is 0. The average Bonchev–Trinajstić information content (AvgIpc) is 3.21. The fourth-order valence-corrected chi connectivity index (χ4v) is 3.29. The Balaban J connectivity index is 1.48. The molecule has 0 aliphatic carbocycles. The molecule has 3 rings (SSSR count). The predicted octanol–water partition coefficient (Wildman–Crippen LogP) is 1.76. The lowest BCUT2D eigenvalue weighted by atomic mass is 9.91. The van der Waals surface area contributed by atoms with E-state index in [0.717, 1.165) is 37.5 Å². The Hall–Kier alpha value is -2.41. The molecule has 2 N–H and O–H groups in total. The number of aromatic amines is 1. The number of para-hydroxylation sites is 1. The van der Waals surface area contributed by atoms with E-state index in [9.17, 15) is 4.79 Å². The third-order valence-corrected chi connectivity index (χ3v) is 4.40. The highest BCUT2D eigenvalue weighted by Crippen LogP contribution is 2.33. The van der Waals surface area contributed by atoms with Gasteiger partial charge in [0.05, 0.1) is 24.9 Å². The van der Waals surface area contributed by atoms with Crippen LogP contribution in [0.25, 0.3) is 0 Å². The average molecular weight is 330 g/mol. The van der Waals surface area contributed by atoms with Gasteiger partial charge in [0.25, 0.3) is 0 Å². The zero-order chi connectivity index (χ0) is 16.8. The van der Waals surface area contributed by atoms with E-state index in [2.05, 4.69) is 20.3 Å². The largest absolute Gasteiger partial charge is 0.494 e. The van der Waals surface area contributed by atoms with E-state index in [1.807, 2.05) is 30.3 Å². The second-order valence-corrected chi connectivity index (χ2v) is 6.13. The van der Waals surface area contributed by atoms with Gasteiger partial charge in [-0.05, 0) is 24.5 Å². The normalized spacial score (nSPS) is 21.0. The van der Waals surface area contributed by atoms with Crippen molar-refractivity contribution in [3.8, 4) is 5.75 Å². The lowest BCUT2D eigenvalue weighted by molar-refractivity contribution is -0.138. The molecule has 1 aliphatic rings. The summed E-state index contributed by atoms with van der Waals surface area (Å²) in [4.78, 5) is 13.4. The summed E-state index contributed by atoms with van der Waals surface area (Å²) in [5.74, 6) is 0.309. The minimum Gasteiger partial charge on any atom is -0.494 e. The molecular weight excluding hydrogens is 308 g/mol. The maximum absolute atomic E-state index is 11.1. The summed E-state index contributed by atoms with van der Waals surface area (Å²) < 4.78 is 5.71. The van der Waals surface area contributed by atoms with Gasteiger partial charge in [0.15, 0.2) is 0 Å². The quantitative estimate of drug-likeness (QED) is 0.717. The Kier molecular flexibility index (Phi) is 5.43. The molecule has 2 atom stereocenters. The molecule has 7 heteroatoms. The number of H-pyrrole nitrogens is 1. The standard InChI is InChI=1S/C17H22N4O3/c22-17(23)9-13-11-21(12-15(13)16-10-18-20-19-16)7-4-8-24-14-5-2-1-3-6-14/h1-3,5-6,10,13,15H,4,7-9,11-12H2,(H,22,23)(H,18,19,20). The fraction of sp³-hybridized carbons (Fsp3) is 0.471. The molecule has 0 radical (unpaired) electrons. The summed E-state index contributed by atoms with van der Waals surface area (Å²) in [5.41, 5.74) is 0.851. The van der Waals surface area contributed by atoms with Crippen molar-refractivity contribution in [3.05, 3.63) is 42.2 Å². The number of nitrogens with zero attached hydrogens (tertiary/aromatic N) is 3. The van der Waals surface area contributed by atoms with E-state index < -0.39 is 5.97 Å². The number of benzene rings is 1. The number of carboxylic acids is 1. The number of carbonyl (C=O) groups is 1. The van der Waals surface area contributed by atoms with Crippen molar-refractivity contribution in [1.82, 2.24) is 20.3 Å². The van der Waals surface area contributed by atoms with Crippen LogP contribution in [0, 0.1) is 5.92 Å². The van der Waals surface area contributed by atoms with E-state index >= 15 is 0 Å². The van der Waals surface area contributed by atoms with Gasteiger partial charge in [-0.2, -0.15) is 15.4 Å². The molecule has 128 valence electrons. The van der Waals surface area contributed by atoms with Crippen LogP contribution in [-0.2, 0) is 4.79 Å². The number of likely N-dealkylation sites (tertiary alicyclic amines) is 1.